The maximum absolute atomic E-state index is 6.07. The number of rotatable bonds is 3. The number of aromatic nitrogens is 2. The normalized spacial score (nSPS) is 12.4. The predicted octanol–water partition coefficient (Wildman–Crippen LogP) is 2.79. The van der Waals surface area contributed by atoms with Crippen LogP contribution in [-0.2, 0) is 19.9 Å². The Morgan fingerprint density at radius 3 is 2.31 bits per heavy atom. The summed E-state index contributed by atoms with van der Waals surface area (Å²) in [6.07, 6.45) is 2.01. The van der Waals surface area contributed by atoms with Crippen molar-refractivity contribution < 1.29 is 0 Å². The molecular formula is C13H25N3. The standard InChI is InChI=1S/C13H25N3/c1-9(2)7-10-11(8-13(3,4)5)15-16(6)12(10)14/h9H,7-8,14H2,1-6H3. The van der Waals surface area contributed by atoms with Crippen LogP contribution >= 0.6 is 0 Å². The largest absolute Gasteiger partial charge is 0.384 e. The Kier molecular flexibility index (Phi) is 3.66. The minimum Gasteiger partial charge on any atom is -0.384 e. The third kappa shape index (κ3) is 3.26. The van der Waals surface area contributed by atoms with Crippen molar-refractivity contribution in [3.8, 4) is 0 Å². The number of hydrogen-bond donors (Lipinski definition) is 1. The highest BCUT2D eigenvalue weighted by Crippen LogP contribution is 2.26. The van der Waals surface area contributed by atoms with Gasteiger partial charge in [-0.1, -0.05) is 34.6 Å². The molecule has 0 aliphatic heterocycles. The zero-order valence-corrected chi connectivity index (χ0v) is 11.5. The molecule has 0 aliphatic rings. The van der Waals surface area contributed by atoms with Gasteiger partial charge in [0, 0.05) is 12.6 Å². The van der Waals surface area contributed by atoms with E-state index in [0.717, 1.165) is 18.7 Å². The van der Waals surface area contributed by atoms with E-state index in [1.807, 2.05) is 7.05 Å². The average molecular weight is 223 g/mol. The summed E-state index contributed by atoms with van der Waals surface area (Å²) in [6.45, 7) is 11.1. The maximum atomic E-state index is 6.07. The monoisotopic (exact) mass is 223 g/mol. The number of nitrogens with zero attached hydrogens (tertiary/aromatic N) is 2. The fourth-order valence-electron chi connectivity index (χ4n) is 1.91. The molecule has 0 saturated heterocycles. The van der Waals surface area contributed by atoms with Crippen molar-refractivity contribution in [2.24, 2.45) is 18.4 Å². The van der Waals surface area contributed by atoms with Crippen LogP contribution < -0.4 is 5.73 Å². The third-order valence-corrected chi connectivity index (χ3v) is 2.59. The molecule has 16 heavy (non-hydrogen) atoms. The highest BCUT2D eigenvalue weighted by Gasteiger charge is 2.20. The molecule has 0 aliphatic carbocycles. The van der Waals surface area contributed by atoms with E-state index in [-0.39, 0.29) is 5.41 Å². The van der Waals surface area contributed by atoms with E-state index in [9.17, 15) is 0 Å². The van der Waals surface area contributed by atoms with E-state index >= 15 is 0 Å². The van der Waals surface area contributed by atoms with E-state index in [1.165, 1.54) is 11.3 Å². The molecule has 1 heterocycles. The molecule has 3 heteroatoms. The lowest BCUT2D eigenvalue weighted by atomic mass is 9.88. The van der Waals surface area contributed by atoms with Gasteiger partial charge in [0.1, 0.15) is 5.82 Å². The molecule has 1 rings (SSSR count). The van der Waals surface area contributed by atoms with Gasteiger partial charge >= 0.3 is 0 Å². The molecule has 0 bridgehead atoms. The molecule has 3 nitrogen and oxygen atoms in total. The van der Waals surface area contributed by atoms with Crippen LogP contribution in [0.15, 0.2) is 0 Å². The SMILES string of the molecule is CC(C)Cc1c(CC(C)(C)C)nn(C)c1N. The quantitative estimate of drug-likeness (QED) is 0.856. The first-order chi connectivity index (χ1) is 7.20. The van der Waals surface area contributed by atoms with Gasteiger partial charge < -0.3 is 5.73 Å². The minimum atomic E-state index is 0.256. The van der Waals surface area contributed by atoms with Crippen molar-refractivity contribution in [2.75, 3.05) is 5.73 Å². The number of nitrogen functional groups attached to an aromatic ring is 1. The van der Waals surface area contributed by atoms with Gasteiger partial charge in [0.2, 0.25) is 0 Å². The molecule has 0 atom stereocenters. The molecular weight excluding hydrogens is 198 g/mol. The lowest BCUT2D eigenvalue weighted by Crippen LogP contribution is -2.12. The molecule has 0 saturated carbocycles. The number of nitrogens with two attached hydrogens (primary N) is 1. The van der Waals surface area contributed by atoms with Crippen LogP contribution in [0.1, 0.15) is 45.9 Å². The van der Waals surface area contributed by atoms with Crippen LogP contribution in [0, 0.1) is 11.3 Å². The predicted molar refractivity (Wildman–Crippen MR) is 69.3 cm³/mol. The molecule has 0 amide bonds. The highest BCUT2D eigenvalue weighted by atomic mass is 15.3. The zero-order chi connectivity index (χ0) is 12.5. The molecule has 1 aromatic heterocycles. The summed E-state index contributed by atoms with van der Waals surface area (Å²) >= 11 is 0. The topological polar surface area (TPSA) is 43.8 Å². The number of anilines is 1. The molecule has 0 radical (unpaired) electrons. The van der Waals surface area contributed by atoms with Gasteiger partial charge in [-0.05, 0) is 24.2 Å². The summed E-state index contributed by atoms with van der Waals surface area (Å²) < 4.78 is 1.80. The number of aryl methyl sites for hydroxylation is 1. The minimum absolute atomic E-state index is 0.256. The molecule has 2 N–H and O–H groups in total. The fraction of sp³-hybridized carbons (Fsp3) is 0.769. The van der Waals surface area contributed by atoms with Crippen molar-refractivity contribution in [2.45, 2.75) is 47.5 Å². The second-order valence-electron chi connectivity index (χ2n) is 6.27. The van der Waals surface area contributed by atoms with Crippen molar-refractivity contribution in [1.29, 1.82) is 0 Å². The molecule has 0 spiro atoms. The van der Waals surface area contributed by atoms with Crippen LogP contribution in [0.3, 0.4) is 0 Å². The Hall–Kier alpha value is -0.990. The van der Waals surface area contributed by atoms with E-state index in [0.29, 0.717) is 5.92 Å². The van der Waals surface area contributed by atoms with E-state index in [2.05, 4.69) is 39.7 Å². The summed E-state index contributed by atoms with van der Waals surface area (Å²) in [4.78, 5) is 0. The van der Waals surface area contributed by atoms with Gasteiger partial charge in [-0.15, -0.1) is 0 Å². The van der Waals surface area contributed by atoms with E-state index < -0.39 is 0 Å². The summed E-state index contributed by atoms with van der Waals surface area (Å²) in [5.41, 5.74) is 8.74. The van der Waals surface area contributed by atoms with Gasteiger partial charge in [0.25, 0.3) is 0 Å². The van der Waals surface area contributed by atoms with Crippen LogP contribution in [0.4, 0.5) is 5.82 Å². The molecule has 92 valence electrons. The first kappa shape index (κ1) is 13.1. The van der Waals surface area contributed by atoms with Gasteiger partial charge in [-0.2, -0.15) is 5.10 Å². The first-order valence-electron chi connectivity index (χ1n) is 6.01. The van der Waals surface area contributed by atoms with Gasteiger partial charge in [-0.3, -0.25) is 4.68 Å². The second-order valence-corrected chi connectivity index (χ2v) is 6.27. The van der Waals surface area contributed by atoms with E-state index in [4.69, 9.17) is 5.73 Å². The summed E-state index contributed by atoms with van der Waals surface area (Å²) in [5, 5.41) is 4.54. The van der Waals surface area contributed by atoms with Crippen molar-refractivity contribution in [3.05, 3.63) is 11.3 Å². The van der Waals surface area contributed by atoms with Gasteiger partial charge in [0.15, 0.2) is 0 Å². The Labute approximate surface area is 99.0 Å². The van der Waals surface area contributed by atoms with Crippen LogP contribution in [0.2, 0.25) is 0 Å². The third-order valence-electron chi connectivity index (χ3n) is 2.59. The zero-order valence-electron chi connectivity index (χ0n) is 11.5. The Morgan fingerprint density at radius 1 is 1.31 bits per heavy atom. The lowest BCUT2D eigenvalue weighted by Gasteiger charge is -2.17. The van der Waals surface area contributed by atoms with Gasteiger partial charge in [0.05, 0.1) is 5.69 Å². The van der Waals surface area contributed by atoms with Crippen LogP contribution in [-0.4, -0.2) is 9.78 Å². The van der Waals surface area contributed by atoms with Crippen LogP contribution in [0.5, 0.6) is 0 Å². The summed E-state index contributed by atoms with van der Waals surface area (Å²) in [5.74, 6) is 1.44. The smallest absolute Gasteiger partial charge is 0.124 e. The molecule has 1 aromatic rings. The lowest BCUT2D eigenvalue weighted by molar-refractivity contribution is 0.402. The van der Waals surface area contributed by atoms with Crippen molar-refractivity contribution in [1.82, 2.24) is 9.78 Å². The molecule has 0 fully saturated rings. The number of hydrogen-bond acceptors (Lipinski definition) is 2. The average Bonchev–Trinajstić information content (AvgIpc) is 2.29. The van der Waals surface area contributed by atoms with Crippen molar-refractivity contribution >= 4 is 5.82 Å². The maximum Gasteiger partial charge on any atom is 0.124 e. The Morgan fingerprint density at radius 2 is 1.88 bits per heavy atom. The first-order valence-corrected chi connectivity index (χ1v) is 6.01. The van der Waals surface area contributed by atoms with Gasteiger partial charge in [-0.25, -0.2) is 0 Å². The van der Waals surface area contributed by atoms with Crippen LogP contribution in [0.25, 0.3) is 0 Å². The Balaban J connectivity index is 3.03. The summed E-state index contributed by atoms with van der Waals surface area (Å²) in [6, 6.07) is 0. The second kappa shape index (κ2) is 4.48. The van der Waals surface area contributed by atoms with Crippen molar-refractivity contribution in [3.63, 3.8) is 0 Å². The van der Waals surface area contributed by atoms with E-state index in [1.54, 1.807) is 4.68 Å². The Bertz CT molecular complexity index is 356. The fourth-order valence-corrected chi connectivity index (χ4v) is 1.91. The summed E-state index contributed by atoms with van der Waals surface area (Å²) in [7, 11) is 1.92. The molecule has 0 unspecified atom stereocenters. The molecule has 0 aromatic carbocycles. The highest BCUT2D eigenvalue weighted by molar-refractivity contribution is 5.44.